The monoisotopic (exact) mass is 529 g/mol. The minimum atomic E-state index is -0.509. The van der Waals surface area contributed by atoms with Gasteiger partial charge in [-0.3, -0.25) is 25.0 Å². The molecule has 2 aromatic heterocycles. The second-order valence-electron chi connectivity index (χ2n) is 7.63. The molecule has 0 fully saturated rings. The molecule has 0 bridgehead atoms. The van der Waals surface area contributed by atoms with Gasteiger partial charge in [-0.2, -0.15) is 9.78 Å². The second kappa shape index (κ2) is 10.1. The number of nitro groups is 2. The standard InChI is InChI=1S/C25H15N5O5S2/c31-24-22-21(17-8-2-1-3-9-17)25(36-20-12-5-4-11-19(20)30(34)35)37-23(22)26-15-28(24)27-14-16-7-6-10-18(13-16)29(32)33/h1-15H/b27-14+. The van der Waals surface area contributed by atoms with Crippen molar-refractivity contribution in [3.8, 4) is 11.1 Å². The molecule has 37 heavy (non-hydrogen) atoms. The van der Waals surface area contributed by atoms with Crippen LogP contribution in [0.1, 0.15) is 5.56 Å². The number of hydrogen-bond donors (Lipinski definition) is 0. The normalized spacial score (nSPS) is 11.2. The van der Waals surface area contributed by atoms with Gasteiger partial charge in [-0.05, 0) is 11.6 Å². The van der Waals surface area contributed by atoms with Gasteiger partial charge >= 0.3 is 0 Å². The van der Waals surface area contributed by atoms with E-state index in [1.54, 1.807) is 24.3 Å². The maximum atomic E-state index is 13.6. The summed E-state index contributed by atoms with van der Waals surface area (Å²) in [5, 5.41) is 27.1. The van der Waals surface area contributed by atoms with Crippen LogP contribution in [-0.4, -0.2) is 25.7 Å². The SMILES string of the molecule is O=c1c2c(-c3ccccc3)c(Sc3ccccc3[N+](=O)[O-])sc2ncn1/N=C/c1cccc([N+](=O)[O-])c1. The van der Waals surface area contributed by atoms with Crippen LogP contribution >= 0.6 is 23.1 Å². The summed E-state index contributed by atoms with van der Waals surface area (Å²) in [6, 6.07) is 21.5. The molecule has 0 aliphatic carbocycles. The lowest BCUT2D eigenvalue weighted by atomic mass is 10.1. The third-order valence-corrected chi connectivity index (χ3v) is 7.65. The van der Waals surface area contributed by atoms with E-state index < -0.39 is 15.4 Å². The smallest absolute Gasteiger partial charge is 0.267 e. The number of hydrogen-bond acceptors (Lipinski definition) is 9. The van der Waals surface area contributed by atoms with Gasteiger partial charge in [0, 0.05) is 29.3 Å². The van der Waals surface area contributed by atoms with Gasteiger partial charge in [0.15, 0.2) is 0 Å². The van der Waals surface area contributed by atoms with E-state index in [1.165, 1.54) is 59.9 Å². The Hall–Kier alpha value is -4.68. The minimum absolute atomic E-state index is 0.0316. The van der Waals surface area contributed by atoms with Crippen LogP contribution in [0.25, 0.3) is 21.3 Å². The van der Waals surface area contributed by atoms with Crippen molar-refractivity contribution in [1.82, 2.24) is 9.66 Å². The van der Waals surface area contributed by atoms with Crippen molar-refractivity contribution in [2.75, 3.05) is 0 Å². The Morgan fingerprint density at radius 1 is 0.946 bits per heavy atom. The van der Waals surface area contributed by atoms with E-state index in [-0.39, 0.29) is 11.4 Å². The maximum Gasteiger partial charge on any atom is 0.283 e. The predicted octanol–water partition coefficient (Wildman–Crippen LogP) is 5.97. The van der Waals surface area contributed by atoms with E-state index in [1.807, 2.05) is 30.3 Å². The Morgan fingerprint density at radius 2 is 1.70 bits per heavy atom. The van der Waals surface area contributed by atoms with Crippen molar-refractivity contribution in [2.45, 2.75) is 9.10 Å². The number of nitro benzene ring substituents is 2. The fourth-order valence-corrected chi connectivity index (χ4v) is 6.10. The molecule has 2 heterocycles. The maximum absolute atomic E-state index is 13.6. The molecule has 3 aromatic carbocycles. The van der Waals surface area contributed by atoms with Crippen LogP contribution in [0.2, 0.25) is 0 Å². The zero-order valence-electron chi connectivity index (χ0n) is 18.8. The van der Waals surface area contributed by atoms with Crippen molar-refractivity contribution in [3.63, 3.8) is 0 Å². The fourth-order valence-electron chi connectivity index (χ4n) is 3.63. The number of aromatic nitrogens is 2. The summed E-state index contributed by atoms with van der Waals surface area (Å²) in [6.45, 7) is 0. The van der Waals surface area contributed by atoms with Gasteiger partial charge in [-0.1, -0.05) is 66.4 Å². The highest BCUT2D eigenvalue weighted by Gasteiger charge is 2.23. The van der Waals surface area contributed by atoms with Gasteiger partial charge in [0.05, 0.1) is 30.6 Å². The first kappa shape index (κ1) is 24.0. The molecule has 0 spiro atoms. The first-order valence-electron chi connectivity index (χ1n) is 10.7. The molecular formula is C25H15N5O5S2. The Labute approximate surface area is 216 Å². The molecule has 0 unspecified atom stereocenters. The number of fused-ring (bicyclic) bond motifs is 1. The molecule has 0 amide bonds. The van der Waals surface area contributed by atoms with Crippen molar-refractivity contribution in [2.24, 2.45) is 5.10 Å². The first-order valence-corrected chi connectivity index (χ1v) is 12.4. The van der Waals surface area contributed by atoms with Gasteiger partial charge in [-0.25, -0.2) is 4.98 Å². The minimum Gasteiger partial charge on any atom is -0.267 e. The Morgan fingerprint density at radius 3 is 2.46 bits per heavy atom. The van der Waals surface area contributed by atoms with Crippen LogP contribution in [0.15, 0.2) is 104 Å². The zero-order valence-corrected chi connectivity index (χ0v) is 20.4. The zero-order chi connectivity index (χ0) is 25.9. The third-order valence-electron chi connectivity index (χ3n) is 5.30. The van der Waals surface area contributed by atoms with Crippen molar-refractivity contribution in [3.05, 3.63) is 121 Å². The van der Waals surface area contributed by atoms with Gasteiger partial charge in [-0.15, -0.1) is 11.3 Å². The van der Waals surface area contributed by atoms with E-state index in [2.05, 4.69) is 10.1 Å². The average Bonchev–Trinajstić information content (AvgIpc) is 3.28. The molecule has 0 atom stereocenters. The van der Waals surface area contributed by atoms with Crippen LogP contribution < -0.4 is 5.56 Å². The largest absolute Gasteiger partial charge is 0.283 e. The highest BCUT2D eigenvalue weighted by molar-refractivity contribution is 8.01. The quantitative estimate of drug-likeness (QED) is 0.144. The van der Waals surface area contributed by atoms with Crippen LogP contribution in [0.4, 0.5) is 11.4 Å². The van der Waals surface area contributed by atoms with E-state index in [4.69, 9.17) is 0 Å². The van der Waals surface area contributed by atoms with Gasteiger partial charge in [0.2, 0.25) is 0 Å². The van der Waals surface area contributed by atoms with Crippen LogP contribution in [0.5, 0.6) is 0 Å². The molecule has 5 rings (SSSR count). The van der Waals surface area contributed by atoms with Crippen molar-refractivity contribution in [1.29, 1.82) is 0 Å². The Kier molecular flexibility index (Phi) is 6.58. The number of non-ortho nitro benzene ring substituents is 1. The highest BCUT2D eigenvalue weighted by atomic mass is 32.2. The Balaban J connectivity index is 1.65. The van der Waals surface area contributed by atoms with Gasteiger partial charge in [0.25, 0.3) is 16.9 Å². The third kappa shape index (κ3) is 4.87. The second-order valence-corrected chi connectivity index (χ2v) is 9.94. The lowest BCUT2D eigenvalue weighted by Gasteiger charge is -2.06. The molecule has 0 N–H and O–H groups in total. The van der Waals surface area contributed by atoms with E-state index in [0.29, 0.717) is 30.4 Å². The summed E-state index contributed by atoms with van der Waals surface area (Å²) in [4.78, 5) is 40.5. The predicted molar refractivity (Wildman–Crippen MR) is 143 cm³/mol. The highest BCUT2D eigenvalue weighted by Crippen LogP contribution is 2.46. The Bertz CT molecular complexity index is 1750. The molecule has 182 valence electrons. The summed E-state index contributed by atoms with van der Waals surface area (Å²) < 4.78 is 1.75. The number of nitrogens with zero attached hydrogens (tertiary/aromatic N) is 5. The molecule has 12 heteroatoms. The van der Waals surface area contributed by atoms with E-state index >= 15 is 0 Å². The van der Waals surface area contributed by atoms with Crippen molar-refractivity contribution >= 4 is 50.9 Å². The van der Waals surface area contributed by atoms with Crippen molar-refractivity contribution < 1.29 is 9.85 Å². The number of benzene rings is 3. The van der Waals surface area contributed by atoms with Crippen LogP contribution in [0.3, 0.4) is 0 Å². The number of thiophene rings is 1. The fraction of sp³-hybridized carbons (Fsp3) is 0. The summed E-state index contributed by atoms with van der Waals surface area (Å²) >= 11 is 2.47. The first-order chi connectivity index (χ1) is 17.9. The molecule has 0 aliphatic heterocycles. The molecule has 0 saturated carbocycles. The molecule has 0 saturated heterocycles. The lowest BCUT2D eigenvalue weighted by molar-refractivity contribution is -0.387. The molecule has 0 aliphatic rings. The molecule has 0 radical (unpaired) electrons. The number of para-hydroxylation sites is 1. The molecule has 5 aromatic rings. The molecule has 10 nitrogen and oxygen atoms in total. The van der Waals surface area contributed by atoms with E-state index in [0.717, 1.165) is 10.2 Å². The lowest BCUT2D eigenvalue weighted by Crippen LogP contribution is -2.16. The van der Waals surface area contributed by atoms with E-state index in [9.17, 15) is 25.0 Å². The summed E-state index contributed by atoms with van der Waals surface area (Å²) in [6.07, 6.45) is 2.63. The summed E-state index contributed by atoms with van der Waals surface area (Å²) in [7, 11) is 0. The summed E-state index contributed by atoms with van der Waals surface area (Å²) in [5.74, 6) is 0. The van der Waals surface area contributed by atoms with Gasteiger partial charge in [0.1, 0.15) is 11.2 Å². The van der Waals surface area contributed by atoms with Crippen LogP contribution in [0, 0.1) is 20.2 Å². The topological polar surface area (TPSA) is 134 Å². The number of rotatable bonds is 7. The van der Waals surface area contributed by atoms with Gasteiger partial charge < -0.3 is 0 Å². The van der Waals surface area contributed by atoms with Crippen LogP contribution in [-0.2, 0) is 0 Å². The molecular weight excluding hydrogens is 514 g/mol. The summed E-state index contributed by atoms with van der Waals surface area (Å²) in [5.41, 5.74) is 1.26. The average molecular weight is 530 g/mol.